The van der Waals surface area contributed by atoms with Crippen LogP contribution in [0.5, 0.6) is 0 Å². The van der Waals surface area contributed by atoms with Crippen LogP contribution in [-0.4, -0.2) is 29.8 Å². The van der Waals surface area contributed by atoms with Gasteiger partial charge in [-0.05, 0) is 25.6 Å². The van der Waals surface area contributed by atoms with Crippen LogP contribution >= 0.6 is 0 Å². The van der Waals surface area contributed by atoms with Crippen LogP contribution in [-0.2, 0) is 4.79 Å². The second kappa shape index (κ2) is 5.95. The summed E-state index contributed by atoms with van der Waals surface area (Å²) in [6, 6.07) is 0.0394. The molecule has 0 aliphatic heterocycles. The first-order valence-corrected chi connectivity index (χ1v) is 4.61. The SMILES string of the molecule is C=CC(=O)[C@@H](CC)N(CC)CC. The van der Waals surface area contributed by atoms with Gasteiger partial charge in [0.1, 0.15) is 0 Å². The Morgan fingerprint density at radius 3 is 2.17 bits per heavy atom. The van der Waals surface area contributed by atoms with Crippen LogP contribution in [0, 0.1) is 0 Å². The first-order valence-electron chi connectivity index (χ1n) is 4.61. The van der Waals surface area contributed by atoms with Gasteiger partial charge in [-0.2, -0.15) is 0 Å². The average molecular weight is 169 g/mol. The molecule has 0 amide bonds. The highest BCUT2D eigenvalue weighted by Crippen LogP contribution is 2.05. The lowest BCUT2D eigenvalue weighted by atomic mass is 10.1. The van der Waals surface area contributed by atoms with Crippen molar-refractivity contribution in [3.8, 4) is 0 Å². The Balaban J connectivity index is 4.29. The van der Waals surface area contributed by atoms with Crippen LogP contribution in [0.15, 0.2) is 12.7 Å². The van der Waals surface area contributed by atoms with E-state index >= 15 is 0 Å². The summed E-state index contributed by atoms with van der Waals surface area (Å²) in [5.74, 6) is 0.140. The molecule has 0 rings (SSSR count). The third-order valence-corrected chi connectivity index (χ3v) is 2.17. The maximum atomic E-state index is 11.3. The molecule has 0 aromatic carbocycles. The number of hydrogen-bond donors (Lipinski definition) is 0. The summed E-state index contributed by atoms with van der Waals surface area (Å²) in [6.07, 6.45) is 2.29. The summed E-state index contributed by atoms with van der Waals surface area (Å²) in [6.45, 7) is 11.5. The normalized spacial score (nSPS) is 13.0. The number of nitrogens with zero attached hydrogens (tertiary/aromatic N) is 1. The summed E-state index contributed by atoms with van der Waals surface area (Å²) in [5.41, 5.74) is 0. The zero-order valence-electron chi connectivity index (χ0n) is 8.34. The van der Waals surface area contributed by atoms with Crippen LogP contribution in [0.25, 0.3) is 0 Å². The topological polar surface area (TPSA) is 20.3 Å². The van der Waals surface area contributed by atoms with Crippen molar-refractivity contribution in [3.63, 3.8) is 0 Å². The number of likely N-dealkylation sites (N-methyl/N-ethyl adjacent to an activating group) is 1. The Bertz CT molecular complexity index is 150. The molecule has 0 fully saturated rings. The Kier molecular flexibility index (Phi) is 5.64. The second-order valence-electron chi connectivity index (χ2n) is 2.75. The third kappa shape index (κ3) is 2.78. The lowest BCUT2D eigenvalue weighted by molar-refractivity contribution is -0.119. The van der Waals surface area contributed by atoms with Crippen molar-refractivity contribution >= 4 is 5.78 Å². The third-order valence-electron chi connectivity index (χ3n) is 2.17. The van der Waals surface area contributed by atoms with Gasteiger partial charge in [0, 0.05) is 0 Å². The van der Waals surface area contributed by atoms with Gasteiger partial charge in [-0.25, -0.2) is 0 Å². The van der Waals surface area contributed by atoms with Crippen LogP contribution < -0.4 is 0 Å². The number of hydrogen-bond acceptors (Lipinski definition) is 2. The Hall–Kier alpha value is -0.630. The van der Waals surface area contributed by atoms with E-state index in [1.165, 1.54) is 6.08 Å². The molecular weight excluding hydrogens is 150 g/mol. The van der Waals surface area contributed by atoms with E-state index in [9.17, 15) is 4.79 Å². The highest BCUT2D eigenvalue weighted by molar-refractivity contribution is 5.93. The van der Waals surface area contributed by atoms with Gasteiger partial charge in [0.2, 0.25) is 0 Å². The van der Waals surface area contributed by atoms with E-state index in [1.54, 1.807) is 0 Å². The minimum absolute atomic E-state index is 0.0394. The molecule has 2 nitrogen and oxygen atoms in total. The Morgan fingerprint density at radius 1 is 1.42 bits per heavy atom. The lowest BCUT2D eigenvalue weighted by Gasteiger charge is -2.26. The summed E-state index contributed by atoms with van der Waals surface area (Å²) in [7, 11) is 0. The molecule has 0 aromatic rings. The first-order chi connectivity index (χ1) is 5.71. The molecule has 0 aliphatic rings. The summed E-state index contributed by atoms with van der Waals surface area (Å²) in [4.78, 5) is 13.5. The predicted molar refractivity (Wildman–Crippen MR) is 52.2 cm³/mol. The average Bonchev–Trinajstić information content (AvgIpc) is 2.12. The predicted octanol–water partition coefficient (Wildman–Crippen LogP) is 1.86. The summed E-state index contributed by atoms with van der Waals surface area (Å²) >= 11 is 0. The van der Waals surface area contributed by atoms with E-state index in [1.807, 2.05) is 6.92 Å². The molecule has 0 radical (unpaired) electrons. The summed E-state index contributed by atoms with van der Waals surface area (Å²) in [5, 5.41) is 0. The highest BCUT2D eigenvalue weighted by atomic mass is 16.1. The summed E-state index contributed by atoms with van der Waals surface area (Å²) < 4.78 is 0. The molecule has 0 unspecified atom stereocenters. The van der Waals surface area contributed by atoms with Crippen LogP contribution in [0.4, 0.5) is 0 Å². The van der Waals surface area contributed by atoms with Crippen molar-refractivity contribution in [2.24, 2.45) is 0 Å². The minimum atomic E-state index is 0.0394. The largest absolute Gasteiger partial charge is 0.294 e. The molecule has 0 spiro atoms. The van der Waals surface area contributed by atoms with Crippen LogP contribution in [0.1, 0.15) is 27.2 Å². The standard InChI is InChI=1S/C10H19NO/c1-5-9(10(12)6-2)11(7-3)8-4/h6,9H,2,5,7-8H2,1,3-4H3/t9-/m1/s1. The quantitative estimate of drug-likeness (QED) is 0.566. The van der Waals surface area contributed by atoms with Crippen molar-refractivity contribution < 1.29 is 4.79 Å². The fourth-order valence-corrected chi connectivity index (χ4v) is 1.44. The zero-order valence-corrected chi connectivity index (χ0v) is 8.34. The molecule has 70 valence electrons. The molecule has 0 aromatic heterocycles. The maximum absolute atomic E-state index is 11.3. The van der Waals surface area contributed by atoms with E-state index < -0.39 is 0 Å². The molecule has 1 atom stereocenters. The van der Waals surface area contributed by atoms with E-state index in [4.69, 9.17) is 0 Å². The first kappa shape index (κ1) is 11.4. The van der Waals surface area contributed by atoms with Gasteiger partial charge in [-0.1, -0.05) is 27.4 Å². The maximum Gasteiger partial charge on any atom is 0.172 e. The number of ketones is 1. The fraction of sp³-hybridized carbons (Fsp3) is 0.700. The molecule has 0 saturated heterocycles. The molecule has 0 heterocycles. The molecular formula is C10H19NO. The van der Waals surface area contributed by atoms with Crippen molar-refractivity contribution in [3.05, 3.63) is 12.7 Å². The van der Waals surface area contributed by atoms with Crippen LogP contribution in [0.2, 0.25) is 0 Å². The monoisotopic (exact) mass is 169 g/mol. The van der Waals surface area contributed by atoms with Gasteiger partial charge in [0.15, 0.2) is 5.78 Å². The second-order valence-corrected chi connectivity index (χ2v) is 2.75. The molecule has 0 saturated carbocycles. The van der Waals surface area contributed by atoms with Gasteiger partial charge in [-0.15, -0.1) is 0 Å². The van der Waals surface area contributed by atoms with Gasteiger partial charge in [0.05, 0.1) is 6.04 Å². The molecule has 0 aliphatic carbocycles. The van der Waals surface area contributed by atoms with E-state index in [2.05, 4.69) is 25.3 Å². The van der Waals surface area contributed by atoms with Gasteiger partial charge < -0.3 is 0 Å². The lowest BCUT2D eigenvalue weighted by Crippen LogP contribution is -2.39. The van der Waals surface area contributed by atoms with E-state index in [0.29, 0.717) is 0 Å². The molecule has 0 bridgehead atoms. The van der Waals surface area contributed by atoms with Crippen molar-refractivity contribution in [1.82, 2.24) is 4.90 Å². The van der Waals surface area contributed by atoms with E-state index in [-0.39, 0.29) is 11.8 Å². The van der Waals surface area contributed by atoms with Gasteiger partial charge in [0.25, 0.3) is 0 Å². The van der Waals surface area contributed by atoms with E-state index in [0.717, 1.165) is 19.5 Å². The Morgan fingerprint density at radius 2 is 1.92 bits per heavy atom. The Labute approximate surface area is 75.3 Å². The van der Waals surface area contributed by atoms with Crippen molar-refractivity contribution in [2.45, 2.75) is 33.2 Å². The van der Waals surface area contributed by atoms with Crippen molar-refractivity contribution in [2.75, 3.05) is 13.1 Å². The van der Waals surface area contributed by atoms with Crippen molar-refractivity contribution in [1.29, 1.82) is 0 Å². The van der Waals surface area contributed by atoms with Gasteiger partial charge in [-0.3, -0.25) is 9.69 Å². The molecule has 2 heteroatoms. The number of rotatable bonds is 6. The zero-order chi connectivity index (χ0) is 9.56. The van der Waals surface area contributed by atoms with Crippen LogP contribution in [0.3, 0.4) is 0 Å². The minimum Gasteiger partial charge on any atom is -0.294 e. The smallest absolute Gasteiger partial charge is 0.172 e. The number of carbonyl (C=O) groups excluding carboxylic acids is 1. The molecule has 12 heavy (non-hydrogen) atoms. The highest BCUT2D eigenvalue weighted by Gasteiger charge is 2.18. The van der Waals surface area contributed by atoms with Gasteiger partial charge >= 0.3 is 0 Å². The number of carbonyl (C=O) groups is 1. The molecule has 0 N–H and O–H groups in total. The fourth-order valence-electron chi connectivity index (χ4n) is 1.44.